The molecule has 1 aromatic carbocycles. The summed E-state index contributed by atoms with van der Waals surface area (Å²) in [6.07, 6.45) is 0. The number of rotatable bonds is 4. The molecule has 0 atom stereocenters. The molecule has 0 saturated heterocycles. The van der Waals surface area contributed by atoms with Crippen molar-refractivity contribution in [2.45, 2.75) is 11.8 Å². The zero-order valence-electron chi connectivity index (χ0n) is 7.23. The van der Waals surface area contributed by atoms with Crippen LogP contribution in [0.25, 0.3) is 0 Å². The Kier molecular flexibility index (Phi) is 3.77. The van der Waals surface area contributed by atoms with Crippen LogP contribution in [0.4, 0.5) is 0 Å². The summed E-state index contributed by atoms with van der Waals surface area (Å²) in [6, 6.07) is 9.31. The minimum atomic E-state index is -3.10. The summed E-state index contributed by atoms with van der Waals surface area (Å²) in [7, 11) is -3.10. The molecule has 0 aromatic heterocycles. The minimum absolute atomic E-state index is 0.104. The summed E-state index contributed by atoms with van der Waals surface area (Å²) >= 11 is 1.11. The van der Waals surface area contributed by atoms with E-state index < -0.39 is 10.0 Å². The maximum Gasteiger partial charge on any atom is 0.220 e. The highest BCUT2D eigenvalue weighted by Crippen LogP contribution is 2.13. The molecular weight excluding hydrogens is 206 g/mol. The van der Waals surface area contributed by atoms with E-state index in [1.807, 2.05) is 30.3 Å². The molecule has 1 rings (SSSR count). The molecule has 0 fully saturated rings. The first-order valence-corrected chi connectivity index (χ1v) is 6.32. The molecule has 0 unspecified atom stereocenters. The van der Waals surface area contributed by atoms with Crippen LogP contribution in [0.1, 0.15) is 6.92 Å². The smallest absolute Gasteiger partial charge is 0.212 e. The van der Waals surface area contributed by atoms with E-state index in [1.165, 1.54) is 0 Å². The van der Waals surface area contributed by atoms with Crippen molar-refractivity contribution in [3.63, 3.8) is 0 Å². The van der Waals surface area contributed by atoms with Gasteiger partial charge in [0.15, 0.2) is 0 Å². The molecule has 72 valence electrons. The number of benzene rings is 1. The summed E-state index contributed by atoms with van der Waals surface area (Å²) in [5.74, 6) is 0.104. The Morgan fingerprint density at radius 2 is 1.92 bits per heavy atom. The van der Waals surface area contributed by atoms with Gasteiger partial charge in [-0.05, 0) is 31.0 Å². The molecule has 0 amide bonds. The largest absolute Gasteiger partial charge is 0.220 e. The molecule has 1 aromatic rings. The fourth-order valence-electron chi connectivity index (χ4n) is 0.659. The molecule has 0 heterocycles. The fourth-order valence-corrected chi connectivity index (χ4v) is 2.32. The molecule has 1 N–H and O–H groups in total. The van der Waals surface area contributed by atoms with Gasteiger partial charge in [-0.3, -0.25) is 0 Å². The van der Waals surface area contributed by atoms with Crippen molar-refractivity contribution >= 4 is 22.0 Å². The van der Waals surface area contributed by atoms with Crippen LogP contribution in [0.3, 0.4) is 0 Å². The van der Waals surface area contributed by atoms with Gasteiger partial charge in [0.1, 0.15) is 0 Å². The maximum atomic E-state index is 11.0. The number of nitrogens with one attached hydrogen (secondary N) is 1. The Bertz CT molecular complexity index is 348. The van der Waals surface area contributed by atoms with Gasteiger partial charge in [0.05, 0.1) is 5.75 Å². The van der Waals surface area contributed by atoms with Crippen LogP contribution in [-0.4, -0.2) is 14.2 Å². The topological polar surface area (TPSA) is 46.2 Å². The van der Waals surface area contributed by atoms with Crippen LogP contribution in [0.2, 0.25) is 0 Å². The zero-order valence-corrected chi connectivity index (χ0v) is 8.86. The SMILES string of the molecule is CCS(=O)(=O)NSc1ccccc1. The van der Waals surface area contributed by atoms with Crippen molar-refractivity contribution in [1.82, 2.24) is 4.13 Å². The van der Waals surface area contributed by atoms with Gasteiger partial charge in [-0.15, -0.1) is 0 Å². The summed E-state index contributed by atoms with van der Waals surface area (Å²) in [4.78, 5) is 0.888. The standard InChI is InChI=1S/C8H11NO2S2/c1-2-13(10,11)9-12-8-6-4-3-5-7-8/h3-7,9H,2H2,1H3. The Morgan fingerprint density at radius 3 is 2.46 bits per heavy atom. The van der Waals surface area contributed by atoms with E-state index in [9.17, 15) is 8.42 Å². The second-order valence-electron chi connectivity index (χ2n) is 2.40. The zero-order chi connectivity index (χ0) is 9.73. The van der Waals surface area contributed by atoms with E-state index in [0.717, 1.165) is 16.8 Å². The lowest BCUT2D eigenvalue weighted by Gasteiger charge is -2.02. The van der Waals surface area contributed by atoms with Crippen LogP contribution < -0.4 is 4.13 Å². The normalized spacial score (nSPS) is 11.5. The van der Waals surface area contributed by atoms with Gasteiger partial charge in [0.2, 0.25) is 10.0 Å². The minimum Gasteiger partial charge on any atom is -0.212 e. The number of hydrogen-bond acceptors (Lipinski definition) is 3. The number of hydrogen-bond donors (Lipinski definition) is 1. The van der Waals surface area contributed by atoms with E-state index in [0.29, 0.717) is 0 Å². The summed E-state index contributed by atoms with van der Waals surface area (Å²) in [5, 5.41) is 0. The Labute approximate surface area is 82.7 Å². The first kappa shape index (κ1) is 10.6. The van der Waals surface area contributed by atoms with Gasteiger partial charge in [0.25, 0.3) is 0 Å². The van der Waals surface area contributed by atoms with Crippen LogP contribution in [-0.2, 0) is 10.0 Å². The molecule has 5 heteroatoms. The first-order chi connectivity index (χ1) is 6.14. The van der Waals surface area contributed by atoms with Crippen molar-refractivity contribution < 1.29 is 8.42 Å². The molecule has 0 aliphatic rings. The van der Waals surface area contributed by atoms with Crippen molar-refractivity contribution in [2.24, 2.45) is 0 Å². The molecule has 0 spiro atoms. The Balaban J connectivity index is 2.54. The third kappa shape index (κ3) is 3.80. The van der Waals surface area contributed by atoms with Crippen molar-refractivity contribution in [3.05, 3.63) is 30.3 Å². The van der Waals surface area contributed by atoms with Crippen molar-refractivity contribution in [1.29, 1.82) is 0 Å². The van der Waals surface area contributed by atoms with Gasteiger partial charge in [0, 0.05) is 4.90 Å². The van der Waals surface area contributed by atoms with Gasteiger partial charge < -0.3 is 0 Å². The third-order valence-electron chi connectivity index (χ3n) is 1.41. The Morgan fingerprint density at radius 1 is 1.31 bits per heavy atom. The van der Waals surface area contributed by atoms with E-state index in [2.05, 4.69) is 4.13 Å². The predicted octanol–water partition coefficient (Wildman–Crippen LogP) is 1.63. The maximum absolute atomic E-state index is 11.0. The molecule has 0 radical (unpaired) electrons. The van der Waals surface area contributed by atoms with Crippen LogP contribution in [0, 0.1) is 0 Å². The molecule has 0 aliphatic heterocycles. The van der Waals surface area contributed by atoms with E-state index in [1.54, 1.807) is 6.92 Å². The molecule has 0 bridgehead atoms. The lowest BCUT2D eigenvalue weighted by molar-refractivity contribution is 0.596. The molecule has 3 nitrogen and oxygen atoms in total. The van der Waals surface area contributed by atoms with Crippen molar-refractivity contribution in [2.75, 3.05) is 5.75 Å². The molecule has 0 saturated carbocycles. The lowest BCUT2D eigenvalue weighted by atomic mass is 10.4. The van der Waals surface area contributed by atoms with Gasteiger partial charge >= 0.3 is 0 Å². The van der Waals surface area contributed by atoms with Gasteiger partial charge in [-0.1, -0.05) is 18.2 Å². The average Bonchev–Trinajstić information content (AvgIpc) is 2.17. The summed E-state index contributed by atoms with van der Waals surface area (Å²) in [5.41, 5.74) is 0. The average molecular weight is 217 g/mol. The van der Waals surface area contributed by atoms with E-state index in [4.69, 9.17) is 0 Å². The Hall–Kier alpha value is -0.520. The molecule has 13 heavy (non-hydrogen) atoms. The predicted molar refractivity (Wildman–Crippen MR) is 54.9 cm³/mol. The van der Waals surface area contributed by atoms with E-state index in [-0.39, 0.29) is 5.75 Å². The summed E-state index contributed by atoms with van der Waals surface area (Å²) in [6.45, 7) is 1.61. The monoisotopic (exact) mass is 217 g/mol. The second-order valence-corrected chi connectivity index (χ2v) is 5.55. The van der Waals surface area contributed by atoms with E-state index >= 15 is 0 Å². The van der Waals surface area contributed by atoms with Crippen LogP contribution in [0.15, 0.2) is 35.2 Å². The van der Waals surface area contributed by atoms with Crippen LogP contribution in [0.5, 0.6) is 0 Å². The first-order valence-electron chi connectivity index (χ1n) is 3.85. The quantitative estimate of drug-likeness (QED) is 0.780. The summed E-state index contributed by atoms with van der Waals surface area (Å²) < 4.78 is 24.5. The highest BCUT2D eigenvalue weighted by molar-refractivity contribution is 8.09. The van der Waals surface area contributed by atoms with Gasteiger partial charge in [-0.2, -0.15) is 4.13 Å². The molecular formula is C8H11NO2S2. The molecule has 0 aliphatic carbocycles. The lowest BCUT2D eigenvalue weighted by Crippen LogP contribution is -2.17. The third-order valence-corrected chi connectivity index (χ3v) is 4.03. The number of sulfonamides is 1. The highest BCUT2D eigenvalue weighted by Gasteiger charge is 2.05. The van der Waals surface area contributed by atoms with Gasteiger partial charge in [-0.25, -0.2) is 8.42 Å². The highest BCUT2D eigenvalue weighted by atomic mass is 32.3. The van der Waals surface area contributed by atoms with Crippen LogP contribution >= 0.6 is 11.9 Å². The second kappa shape index (κ2) is 4.64. The fraction of sp³-hybridized carbons (Fsp3) is 0.250. The van der Waals surface area contributed by atoms with Crippen molar-refractivity contribution in [3.8, 4) is 0 Å².